The van der Waals surface area contributed by atoms with Crippen molar-refractivity contribution in [1.29, 1.82) is 0 Å². The van der Waals surface area contributed by atoms with Crippen LogP contribution in [0.2, 0.25) is 12.6 Å². The molecule has 0 bridgehead atoms. The molecule has 0 N–H and O–H groups in total. The normalized spacial score (nSPS) is 9.92. The maximum Gasteiger partial charge on any atom is 0.177 e. The van der Waals surface area contributed by atoms with E-state index >= 15 is 0 Å². The van der Waals surface area contributed by atoms with Gasteiger partial charge in [-0.05, 0) is 12.5 Å². The molecule has 1 aromatic rings. The minimum absolute atomic E-state index is 0.692. The third-order valence-electron chi connectivity index (χ3n) is 2.35. The summed E-state index contributed by atoms with van der Waals surface area (Å²) < 4.78 is 0. The van der Waals surface area contributed by atoms with Crippen LogP contribution in [0.15, 0.2) is 18.5 Å². The zero-order valence-corrected chi connectivity index (χ0v) is 8.17. The third kappa shape index (κ3) is 2.10. The van der Waals surface area contributed by atoms with Crippen molar-refractivity contribution in [2.75, 3.05) is 0 Å². The number of aryl methyl sites for hydroxylation is 1. The lowest BCUT2D eigenvalue weighted by Crippen LogP contribution is -2.28. The van der Waals surface area contributed by atoms with Crippen molar-refractivity contribution in [1.82, 2.24) is 4.98 Å². The van der Waals surface area contributed by atoms with E-state index in [1.165, 1.54) is 23.7 Å². The molecule has 0 aromatic carbocycles. The molecule has 0 unspecified atom stereocenters. The summed E-state index contributed by atoms with van der Waals surface area (Å²) in [5, 5.41) is 0. The first kappa shape index (κ1) is 9.30. The van der Waals surface area contributed by atoms with Gasteiger partial charge in [0.15, 0.2) is 6.71 Å². The van der Waals surface area contributed by atoms with Gasteiger partial charge in [0.2, 0.25) is 0 Å². The predicted octanol–water partition coefficient (Wildman–Crippen LogP) is 2.13. The van der Waals surface area contributed by atoms with Gasteiger partial charge in [-0.3, -0.25) is 4.98 Å². The standard InChI is InChI=1S/C10H16BN/c1-4-11(5-2)10-6-9(3)7-12-8-10/h6-8H,4-5H2,1-3H3. The average molecular weight is 161 g/mol. The molecule has 64 valence electrons. The molecule has 1 nitrogen and oxygen atoms in total. The van der Waals surface area contributed by atoms with Crippen LogP contribution in [-0.2, 0) is 0 Å². The fraction of sp³-hybridized carbons (Fsp3) is 0.500. The number of hydrogen-bond acceptors (Lipinski definition) is 1. The minimum atomic E-state index is 0.692. The molecule has 12 heavy (non-hydrogen) atoms. The average Bonchev–Trinajstić information content (AvgIpc) is 2.07. The summed E-state index contributed by atoms with van der Waals surface area (Å²) in [6.45, 7) is 7.25. The van der Waals surface area contributed by atoms with Crippen molar-refractivity contribution in [3.8, 4) is 0 Å². The van der Waals surface area contributed by atoms with Gasteiger partial charge in [0.25, 0.3) is 0 Å². The zero-order chi connectivity index (χ0) is 8.97. The Morgan fingerprint density at radius 3 is 2.42 bits per heavy atom. The van der Waals surface area contributed by atoms with Crippen LogP contribution in [0.5, 0.6) is 0 Å². The van der Waals surface area contributed by atoms with Gasteiger partial charge in [0.1, 0.15) is 0 Å². The Morgan fingerprint density at radius 2 is 1.92 bits per heavy atom. The predicted molar refractivity (Wildman–Crippen MR) is 55.3 cm³/mol. The van der Waals surface area contributed by atoms with Crippen LogP contribution >= 0.6 is 0 Å². The Bertz CT molecular complexity index is 243. The summed E-state index contributed by atoms with van der Waals surface area (Å²) in [6, 6.07) is 2.24. The second-order valence-corrected chi connectivity index (χ2v) is 3.31. The Labute approximate surface area is 75.3 Å². The van der Waals surface area contributed by atoms with E-state index in [4.69, 9.17) is 0 Å². The zero-order valence-electron chi connectivity index (χ0n) is 8.17. The number of nitrogens with zero attached hydrogens (tertiary/aromatic N) is 1. The molecular weight excluding hydrogens is 145 g/mol. The molecule has 1 heterocycles. The molecule has 1 aromatic heterocycles. The van der Waals surface area contributed by atoms with Crippen LogP contribution in [0.25, 0.3) is 0 Å². The quantitative estimate of drug-likeness (QED) is 0.618. The molecule has 0 aliphatic heterocycles. The summed E-state index contributed by atoms with van der Waals surface area (Å²) >= 11 is 0. The van der Waals surface area contributed by atoms with Gasteiger partial charge in [-0.25, -0.2) is 0 Å². The van der Waals surface area contributed by atoms with Crippen LogP contribution in [0.3, 0.4) is 0 Å². The van der Waals surface area contributed by atoms with Gasteiger partial charge in [-0.2, -0.15) is 0 Å². The van der Waals surface area contributed by atoms with E-state index in [1.54, 1.807) is 0 Å². The second-order valence-electron chi connectivity index (χ2n) is 3.31. The van der Waals surface area contributed by atoms with E-state index < -0.39 is 0 Å². The van der Waals surface area contributed by atoms with E-state index in [-0.39, 0.29) is 0 Å². The van der Waals surface area contributed by atoms with E-state index in [2.05, 4.69) is 31.8 Å². The lowest BCUT2D eigenvalue weighted by molar-refractivity contribution is 1.26. The highest BCUT2D eigenvalue weighted by Gasteiger charge is 2.10. The second kappa shape index (κ2) is 4.29. The van der Waals surface area contributed by atoms with E-state index in [9.17, 15) is 0 Å². The van der Waals surface area contributed by atoms with E-state index in [1.807, 2.05) is 12.4 Å². The van der Waals surface area contributed by atoms with Gasteiger partial charge in [-0.1, -0.05) is 38.0 Å². The molecule has 0 atom stereocenters. The monoisotopic (exact) mass is 161 g/mol. The van der Waals surface area contributed by atoms with Crippen LogP contribution in [0.4, 0.5) is 0 Å². The Balaban J connectivity index is 2.85. The van der Waals surface area contributed by atoms with Crippen molar-refractivity contribution in [2.24, 2.45) is 0 Å². The van der Waals surface area contributed by atoms with Gasteiger partial charge >= 0.3 is 0 Å². The van der Waals surface area contributed by atoms with Crippen LogP contribution in [0.1, 0.15) is 19.4 Å². The maximum atomic E-state index is 4.20. The molecular formula is C10H16BN. The molecule has 2 heteroatoms. The molecule has 0 saturated heterocycles. The lowest BCUT2D eigenvalue weighted by Gasteiger charge is -2.08. The first-order valence-electron chi connectivity index (χ1n) is 4.69. The molecule has 0 fully saturated rings. The number of hydrogen-bond donors (Lipinski definition) is 0. The Kier molecular flexibility index (Phi) is 3.33. The fourth-order valence-corrected chi connectivity index (χ4v) is 1.56. The molecule has 0 saturated carbocycles. The van der Waals surface area contributed by atoms with Gasteiger partial charge in [-0.15, -0.1) is 0 Å². The van der Waals surface area contributed by atoms with Crippen molar-refractivity contribution in [3.05, 3.63) is 24.0 Å². The number of pyridine rings is 1. The highest BCUT2D eigenvalue weighted by atomic mass is 14.6. The summed E-state index contributed by atoms with van der Waals surface area (Å²) in [6.07, 6.45) is 6.32. The lowest BCUT2D eigenvalue weighted by atomic mass is 9.41. The summed E-state index contributed by atoms with van der Waals surface area (Å²) in [5.41, 5.74) is 2.65. The van der Waals surface area contributed by atoms with Crippen LogP contribution < -0.4 is 5.46 Å². The first-order chi connectivity index (χ1) is 5.77. The molecule has 0 aliphatic carbocycles. The molecule has 1 rings (SSSR count). The summed E-state index contributed by atoms with van der Waals surface area (Å²) in [7, 11) is 0. The summed E-state index contributed by atoms with van der Waals surface area (Å²) in [5.74, 6) is 0. The fourth-order valence-electron chi connectivity index (χ4n) is 1.56. The number of aromatic nitrogens is 1. The largest absolute Gasteiger partial charge is 0.265 e. The van der Waals surface area contributed by atoms with E-state index in [0.717, 1.165) is 0 Å². The van der Waals surface area contributed by atoms with Crippen molar-refractivity contribution in [2.45, 2.75) is 33.4 Å². The molecule has 0 amide bonds. The molecule has 0 aliphatic rings. The SMILES string of the molecule is CCB(CC)c1cncc(C)c1. The van der Waals surface area contributed by atoms with Gasteiger partial charge < -0.3 is 0 Å². The van der Waals surface area contributed by atoms with Crippen molar-refractivity contribution < 1.29 is 0 Å². The molecule has 0 spiro atoms. The third-order valence-corrected chi connectivity index (χ3v) is 2.35. The maximum absolute atomic E-state index is 4.20. The topological polar surface area (TPSA) is 12.9 Å². The van der Waals surface area contributed by atoms with Crippen molar-refractivity contribution >= 4 is 12.2 Å². The van der Waals surface area contributed by atoms with E-state index in [0.29, 0.717) is 6.71 Å². The highest BCUT2D eigenvalue weighted by molar-refractivity contribution is 6.73. The Hall–Kier alpha value is -0.785. The minimum Gasteiger partial charge on any atom is -0.265 e. The highest BCUT2D eigenvalue weighted by Crippen LogP contribution is 2.00. The van der Waals surface area contributed by atoms with Crippen LogP contribution in [-0.4, -0.2) is 11.7 Å². The molecule has 0 radical (unpaired) electrons. The van der Waals surface area contributed by atoms with Gasteiger partial charge in [0, 0.05) is 12.4 Å². The van der Waals surface area contributed by atoms with Crippen molar-refractivity contribution in [3.63, 3.8) is 0 Å². The Morgan fingerprint density at radius 1 is 1.25 bits per heavy atom. The van der Waals surface area contributed by atoms with Gasteiger partial charge in [0.05, 0.1) is 0 Å². The van der Waals surface area contributed by atoms with Crippen LogP contribution in [0, 0.1) is 6.92 Å². The smallest absolute Gasteiger partial charge is 0.177 e. The first-order valence-corrected chi connectivity index (χ1v) is 4.69. The summed E-state index contributed by atoms with van der Waals surface area (Å²) in [4.78, 5) is 4.20. The number of rotatable bonds is 3.